The summed E-state index contributed by atoms with van der Waals surface area (Å²) in [5, 5.41) is 4.09. The van der Waals surface area contributed by atoms with E-state index < -0.39 is 5.82 Å². The molecular weight excluding hydrogens is 412 g/mol. The molecule has 3 nitrogen and oxygen atoms in total. The molecule has 1 N–H and O–H groups in total. The second-order valence-electron chi connectivity index (χ2n) is 6.42. The minimum absolute atomic E-state index is 0.0447. The van der Waals surface area contributed by atoms with Gasteiger partial charge in [0.05, 0.1) is 16.7 Å². The summed E-state index contributed by atoms with van der Waals surface area (Å²) in [5.41, 5.74) is 2.44. The smallest absolute Gasteiger partial charge is 0.180 e. The molecule has 0 amide bonds. The van der Waals surface area contributed by atoms with E-state index in [1.54, 1.807) is 12.1 Å². The molecule has 0 fully saturated rings. The third kappa shape index (κ3) is 5.86. The molecule has 0 spiro atoms. The first kappa shape index (κ1) is 21.4. The third-order valence-electron chi connectivity index (χ3n) is 4.29. The van der Waals surface area contributed by atoms with E-state index in [9.17, 15) is 4.39 Å². The Hall–Kier alpha value is -2.27. The summed E-state index contributed by atoms with van der Waals surface area (Å²) in [6.07, 6.45) is 0. The molecule has 3 aromatic rings. The van der Waals surface area contributed by atoms with Crippen molar-refractivity contribution >= 4 is 23.2 Å². The van der Waals surface area contributed by atoms with Crippen LogP contribution in [0.25, 0.3) is 0 Å². The molecule has 0 aliphatic rings. The van der Waals surface area contributed by atoms with E-state index >= 15 is 0 Å². The number of benzene rings is 3. The molecule has 0 aromatic heterocycles. The maximum Gasteiger partial charge on any atom is 0.180 e. The summed E-state index contributed by atoms with van der Waals surface area (Å²) in [6.45, 7) is 3.65. The Morgan fingerprint density at radius 3 is 2.34 bits per heavy atom. The molecule has 3 aromatic carbocycles. The second-order valence-corrected chi connectivity index (χ2v) is 7.23. The van der Waals surface area contributed by atoms with E-state index in [0.29, 0.717) is 34.7 Å². The highest BCUT2D eigenvalue weighted by atomic mass is 35.5. The second kappa shape index (κ2) is 10.5. The number of nitrogens with one attached hydrogen (secondary N) is 1. The molecule has 0 saturated carbocycles. The average molecular weight is 434 g/mol. The molecule has 0 aliphatic carbocycles. The van der Waals surface area contributed by atoms with Crippen molar-refractivity contribution in [2.45, 2.75) is 26.6 Å². The monoisotopic (exact) mass is 433 g/mol. The van der Waals surface area contributed by atoms with E-state index in [4.69, 9.17) is 32.7 Å². The van der Waals surface area contributed by atoms with Crippen LogP contribution in [0.2, 0.25) is 10.0 Å². The normalized spacial score (nSPS) is 10.8. The van der Waals surface area contributed by atoms with E-state index in [2.05, 4.69) is 17.4 Å². The Balaban J connectivity index is 1.72. The van der Waals surface area contributed by atoms with Crippen LogP contribution < -0.4 is 14.8 Å². The molecule has 0 heterocycles. The molecule has 0 radical (unpaired) electrons. The largest absolute Gasteiger partial charge is 0.490 e. The number of halogens is 3. The van der Waals surface area contributed by atoms with Crippen molar-refractivity contribution in [2.75, 3.05) is 6.61 Å². The Morgan fingerprint density at radius 2 is 1.62 bits per heavy atom. The topological polar surface area (TPSA) is 30.5 Å². The van der Waals surface area contributed by atoms with Gasteiger partial charge in [-0.3, -0.25) is 0 Å². The van der Waals surface area contributed by atoms with Crippen molar-refractivity contribution in [3.05, 3.63) is 93.2 Å². The standard InChI is InChI=1S/C23H22Cl2FNO2/c1-2-28-22-12-17(14-27-13-16-7-4-3-5-8-16)11-20(25)23(22)29-15-18-19(24)9-6-10-21(18)26/h3-12,27H,2,13-15H2,1H3. The summed E-state index contributed by atoms with van der Waals surface area (Å²) in [6, 6.07) is 18.4. The molecular formula is C23H22Cl2FNO2. The van der Waals surface area contributed by atoms with E-state index in [1.807, 2.05) is 37.3 Å². The molecule has 29 heavy (non-hydrogen) atoms. The molecule has 0 bridgehead atoms. The highest BCUT2D eigenvalue weighted by Gasteiger charge is 2.15. The number of hydrogen-bond acceptors (Lipinski definition) is 3. The Labute approximate surface area is 180 Å². The van der Waals surface area contributed by atoms with Gasteiger partial charge in [-0.25, -0.2) is 4.39 Å². The number of rotatable bonds is 9. The van der Waals surface area contributed by atoms with Crippen molar-refractivity contribution in [3.8, 4) is 11.5 Å². The maximum atomic E-state index is 14.0. The van der Waals surface area contributed by atoms with Gasteiger partial charge in [0.2, 0.25) is 0 Å². The number of ether oxygens (including phenoxy) is 2. The van der Waals surface area contributed by atoms with Gasteiger partial charge in [0, 0.05) is 18.7 Å². The molecule has 0 aliphatic heterocycles. The SMILES string of the molecule is CCOc1cc(CNCc2ccccc2)cc(Cl)c1OCc1c(F)cccc1Cl. The quantitative estimate of drug-likeness (QED) is 0.423. The lowest BCUT2D eigenvalue weighted by atomic mass is 10.1. The molecule has 6 heteroatoms. The van der Waals surface area contributed by atoms with Crippen molar-refractivity contribution in [3.63, 3.8) is 0 Å². The van der Waals surface area contributed by atoms with Crippen LogP contribution in [0.15, 0.2) is 60.7 Å². The number of hydrogen-bond donors (Lipinski definition) is 1. The van der Waals surface area contributed by atoms with Crippen molar-refractivity contribution in [1.29, 1.82) is 0 Å². The lowest BCUT2D eigenvalue weighted by Crippen LogP contribution is -2.13. The van der Waals surface area contributed by atoms with Gasteiger partial charge in [0.25, 0.3) is 0 Å². The molecule has 3 rings (SSSR count). The zero-order valence-electron chi connectivity index (χ0n) is 16.1. The van der Waals surface area contributed by atoms with E-state index in [-0.39, 0.29) is 12.2 Å². The van der Waals surface area contributed by atoms with Crippen LogP contribution in [0, 0.1) is 5.82 Å². The highest BCUT2D eigenvalue weighted by Crippen LogP contribution is 2.37. The lowest BCUT2D eigenvalue weighted by Gasteiger charge is -2.16. The predicted octanol–water partition coefficient (Wildman–Crippen LogP) is 6.40. The van der Waals surface area contributed by atoms with Gasteiger partial charge >= 0.3 is 0 Å². The molecule has 152 valence electrons. The van der Waals surface area contributed by atoms with Crippen LogP contribution in [0.3, 0.4) is 0 Å². The van der Waals surface area contributed by atoms with Gasteiger partial charge in [-0.15, -0.1) is 0 Å². The van der Waals surface area contributed by atoms with Gasteiger partial charge in [-0.05, 0) is 42.3 Å². The van der Waals surface area contributed by atoms with Crippen LogP contribution >= 0.6 is 23.2 Å². The summed E-state index contributed by atoms with van der Waals surface area (Å²) in [7, 11) is 0. The zero-order valence-corrected chi connectivity index (χ0v) is 17.6. The third-order valence-corrected chi connectivity index (χ3v) is 4.93. The van der Waals surface area contributed by atoms with E-state index in [1.165, 1.54) is 11.6 Å². The first-order valence-corrected chi connectivity index (χ1v) is 10.1. The van der Waals surface area contributed by atoms with Gasteiger partial charge in [0.1, 0.15) is 12.4 Å². The zero-order chi connectivity index (χ0) is 20.6. The molecule has 0 saturated heterocycles. The fourth-order valence-corrected chi connectivity index (χ4v) is 3.39. The predicted molar refractivity (Wildman–Crippen MR) is 115 cm³/mol. The highest BCUT2D eigenvalue weighted by molar-refractivity contribution is 6.32. The van der Waals surface area contributed by atoms with Crippen molar-refractivity contribution in [2.24, 2.45) is 0 Å². The fourth-order valence-electron chi connectivity index (χ4n) is 2.89. The molecule has 0 atom stereocenters. The van der Waals surface area contributed by atoms with E-state index in [0.717, 1.165) is 12.1 Å². The Morgan fingerprint density at radius 1 is 0.862 bits per heavy atom. The first-order chi connectivity index (χ1) is 14.1. The summed E-state index contributed by atoms with van der Waals surface area (Å²) in [4.78, 5) is 0. The fraction of sp³-hybridized carbons (Fsp3) is 0.217. The van der Waals surface area contributed by atoms with Crippen LogP contribution in [-0.2, 0) is 19.7 Å². The maximum absolute atomic E-state index is 14.0. The minimum Gasteiger partial charge on any atom is -0.490 e. The van der Waals surface area contributed by atoms with Crippen molar-refractivity contribution < 1.29 is 13.9 Å². The van der Waals surface area contributed by atoms with Crippen LogP contribution in [-0.4, -0.2) is 6.61 Å². The summed E-state index contributed by atoms with van der Waals surface area (Å²) >= 11 is 12.5. The lowest BCUT2D eigenvalue weighted by molar-refractivity contribution is 0.266. The van der Waals surface area contributed by atoms with Gasteiger partial charge < -0.3 is 14.8 Å². The summed E-state index contributed by atoms with van der Waals surface area (Å²) in [5.74, 6) is 0.469. The first-order valence-electron chi connectivity index (χ1n) is 9.34. The molecule has 0 unspecified atom stereocenters. The Kier molecular flexibility index (Phi) is 7.76. The van der Waals surface area contributed by atoms with Gasteiger partial charge in [0.15, 0.2) is 11.5 Å². The van der Waals surface area contributed by atoms with Crippen LogP contribution in [0.1, 0.15) is 23.6 Å². The Bertz CT molecular complexity index is 931. The van der Waals surface area contributed by atoms with Crippen LogP contribution in [0.5, 0.6) is 11.5 Å². The average Bonchev–Trinajstić information content (AvgIpc) is 2.70. The van der Waals surface area contributed by atoms with Gasteiger partial charge in [-0.2, -0.15) is 0 Å². The minimum atomic E-state index is -0.423. The van der Waals surface area contributed by atoms with Crippen molar-refractivity contribution in [1.82, 2.24) is 5.32 Å². The summed E-state index contributed by atoms with van der Waals surface area (Å²) < 4.78 is 25.5. The van der Waals surface area contributed by atoms with Gasteiger partial charge in [-0.1, -0.05) is 59.6 Å². The van der Waals surface area contributed by atoms with Crippen LogP contribution in [0.4, 0.5) is 4.39 Å².